The Kier molecular flexibility index (Phi) is 16.2. The maximum absolute atomic E-state index is 14.8. The number of benzene rings is 2. The Morgan fingerprint density at radius 1 is 0.920 bits per heavy atom. The maximum Gasteiger partial charge on any atom is 0.246 e. The number of fused-ring (bicyclic) bond motifs is 2. The first-order chi connectivity index (χ1) is 36.0. The van der Waals surface area contributed by atoms with Crippen molar-refractivity contribution < 1.29 is 32.3 Å². The molecule has 3 fully saturated rings. The lowest BCUT2D eigenvalue weighted by atomic mass is 9.83. The normalized spacial score (nSPS) is 20.5. The van der Waals surface area contributed by atoms with Crippen molar-refractivity contribution >= 4 is 56.0 Å². The molecule has 0 radical (unpaired) electrons. The zero-order chi connectivity index (χ0) is 53.0. The summed E-state index contributed by atoms with van der Waals surface area (Å²) in [5.41, 5.74) is 4.69. The number of hydrogen-bond acceptors (Lipinski definition) is 16. The summed E-state index contributed by atoms with van der Waals surface area (Å²) in [4.78, 5) is 67.0. The standard InChI is InChI=1S/C54H73N13O7S/c1-33-34(2)63-64-48(33)62-49-41-27-46(75(71,72)54(4,5)6)45(28-43(41)58-32-59-49)73-25-24-65-20-22-66(23-21-65)53-56-29-39(30-57-53)74-38-26-44(51(69)60-42-19-13-17-36-14-11-12-18-40(36)42)67(31-38)52(70)47(37-15-9-8-10-16-37)61-50(68)35(3)55-7/h11-12,14,18,27-30,32,35,37-38,42,44,47,55H,8-10,13,15-17,19-26,31H2,1-7H3,(H,60,69)(H,61,68)(H2,58,59,62,63,64)/t35-,38-,42+,44-,47-/m0/s1. The van der Waals surface area contributed by atoms with Crippen molar-refractivity contribution in [3.05, 3.63) is 77.5 Å². The summed E-state index contributed by atoms with van der Waals surface area (Å²) in [5, 5.41) is 20.5. The third kappa shape index (κ3) is 11.8. The van der Waals surface area contributed by atoms with Gasteiger partial charge in [0.1, 0.15) is 47.6 Å². The number of likely N-dealkylation sites (N-methyl/N-ethyl adjacent to an activating group) is 1. The molecule has 75 heavy (non-hydrogen) atoms. The van der Waals surface area contributed by atoms with Crippen LogP contribution in [0.3, 0.4) is 0 Å². The number of nitrogens with one attached hydrogen (secondary N) is 5. The minimum atomic E-state index is -3.85. The van der Waals surface area contributed by atoms with Gasteiger partial charge < -0.3 is 40.5 Å². The summed E-state index contributed by atoms with van der Waals surface area (Å²) < 4.78 is 39.8. The highest BCUT2D eigenvalue weighted by Gasteiger charge is 2.46. The second kappa shape index (κ2) is 22.8. The molecule has 3 aromatic heterocycles. The fraction of sp³-hybridized carbons (Fsp3) is 0.556. The third-order valence-corrected chi connectivity index (χ3v) is 18.1. The summed E-state index contributed by atoms with van der Waals surface area (Å²) in [6.07, 6.45) is 11.9. The molecular formula is C54H73N13O7S. The van der Waals surface area contributed by atoms with Gasteiger partial charge >= 0.3 is 0 Å². The second-order valence-corrected chi connectivity index (χ2v) is 24.2. The molecular weight excluding hydrogens is 975 g/mol. The number of H-pyrrole nitrogens is 1. The number of hydrogen-bond donors (Lipinski definition) is 5. The lowest BCUT2D eigenvalue weighted by molar-refractivity contribution is -0.143. The summed E-state index contributed by atoms with van der Waals surface area (Å²) in [6.45, 7) is 14.3. The minimum Gasteiger partial charge on any atom is -0.491 e. The third-order valence-electron chi connectivity index (χ3n) is 15.6. The van der Waals surface area contributed by atoms with Gasteiger partial charge in [0.2, 0.25) is 23.7 Å². The van der Waals surface area contributed by atoms with E-state index in [1.54, 1.807) is 64.2 Å². The van der Waals surface area contributed by atoms with Crippen molar-refractivity contribution in [3.63, 3.8) is 0 Å². The van der Waals surface area contributed by atoms with Gasteiger partial charge in [-0.3, -0.25) is 24.4 Å². The van der Waals surface area contributed by atoms with Crippen LogP contribution in [0.2, 0.25) is 0 Å². The van der Waals surface area contributed by atoms with Crippen LogP contribution >= 0.6 is 0 Å². The van der Waals surface area contributed by atoms with Crippen LogP contribution in [0.25, 0.3) is 10.9 Å². The molecule has 2 aliphatic carbocycles. The summed E-state index contributed by atoms with van der Waals surface area (Å²) in [7, 11) is -2.14. The average Bonchev–Trinajstić information content (AvgIpc) is 3.98. The van der Waals surface area contributed by atoms with Crippen molar-refractivity contribution in [2.24, 2.45) is 5.92 Å². The largest absolute Gasteiger partial charge is 0.491 e. The van der Waals surface area contributed by atoms with E-state index in [0.717, 1.165) is 68.2 Å². The van der Waals surface area contributed by atoms with Crippen LogP contribution < -0.4 is 35.6 Å². The Labute approximate surface area is 439 Å². The molecule has 5 atom stereocenters. The number of carbonyl (C=O) groups is 3. The van der Waals surface area contributed by atoms with Crippen molar-refractivity contribution in [1.82, 2.24) is 55.9 Å². The maximum atomic E-state index is 14.8. The van der Waals surface area contributed by atoms with Crippen molar-refractivity contribution in [3.8, 4) is 11.5 Å². The van der Waals surface area contributed by atoms with Gasteiger partial charge in [0.05, 0.1) is 41.3 Å². The number of likely N-dealkylation sites (tertiary alicyclic amines) is 1. The van der Waals surface area contributed by atoms with Gasteiger partial charge in [0.15, 0.2) is 21.4 Å². The summed E-state index contributed by atoms with van der Waals surface area (Å²) >= 11 is 0. The van der Waals surface area contributed by atoms with E-state index in [-0.39, 0.29) is 59.9 Å². The Balaban J connectivity index is 0.838. The molecule has 2 aromatic carbocycles. The monoisotopic (exact) mass is 1050 g/mol. The number of carbonyl (C=O) groups excluding carboxylic acids is 3. The molecule has 3 amide bonds. The lowest BCUT2D eigenvalue weighted by Crippen LogP contribution is -2.58. The van der Waals surface area contributed by atoms with Gasteiger partial charge in [-0.05, 0) is 104 Å². The van der Waals surface area contributed by atoms with Crippen LogP contribution in [0, 0.1) is 19.8 Å². The Hall–Kier alpha value is -6.45. The van der Waals surface area contributed by atoms with E-state index in [2.05, 4.69) is 63.4 Å². The van der Waals surface area contributed by atoms with Crippen molar-refractivity contribution in [2.75, 3.05) is 63.1 Å². The van der Waals surface area contributed by atoms with Crippen LogP contribution in [0.15, 0.2) is 60.0 Å². The highest BCUT2D eigenvalue weighted by molar-refractivity contribution is 7.92. The number of sulfone groups is 1. The highest BCUT2D eigenvalue weighted by Crippen LogP contribution is 2.38. The number of aromatic nitrogens is 6. The van der Waals surface area contributed by atoms with Gasteiger partial charge in [0.25, 0.3) is 0 Å². The molecule has 21 heteroatoms. The Morgan fingerprint density at radius 2 is 1.67 bits per heavy atom. The van der Waals surface area contributed by atoms with Gasteiger partial charge in [0, 0.05) is 61.9 Å². The second-order valence-electron chi connectivity index (χ2n) is 21.5. The predicted molar refractivity (Wildman–Crippen MR) is 286 cm³/mol. The van der Waals surface area contributed by atoms with E-state index in [4.69, 9.17) is 19.4 Å². The molecule has 5 heterocycles. The number of amides is 3. The Morgan fingerprint density at radius 3 is 2.37 bits per heavy atom. The number of nitrogens with zero attached hydrogens (tertiary/aromatic N) is 8. The smallest absolute Gasteiger partial charge is 0.246 e. The van der Waals surface area contributed by atoms with E-state index in [9.17, 15) is 22.8 Å². The number of piperazine rings is 1. The van der Waals surface area contributed by atoms with Crippen LogP contribution in [0.1, 0.15) is 107 Å². The summed E-state index contributed by atoms with van der Waals surface area (Å²) in [5.74, 6) is 1.46. The fourth-order valence-corrected chi connectivity index (χ4v) is 12.0. The number of aryl methyl sites for hydroxylation is 2. The average molecular weight is 1050 g/mol. The molecule has 0 unspecified atom stereocenters. The molecule has 5 N–H and O–H groups in total. The number of aromatic amines is 1. The molecule has 402 valence electrons. The number of ether oxygens (including phenoxy) is 2. The molecule has 20 nitrogen and oxygen atoms in total. The van der Waals surface area contributed by atoms with E-state index < -0.39 is 38.8 Å². The van der Waals surface area contributed by atoms with Crippen molar-refractivity contribution in [2.45, 2.75) is 139 Å². The minimum absolute atomic E-state index is 0.0380. The van der Waals surface area contributed by atoms with E-state index in [1.165, 1.54) is 11.9 Å². The number of anilines is 3. The molecule has 2 aliphatic heterocycles. The highest BCUT2D eigenvalue weighted by atomic mass is 32.2. The first-order valence-electron chi connectivity index (χ1n) is 26.6. The van der Waals surface area contributed by atoms with E-state index in [1.807, 2.05) is 26.0 Å². The molecule has 4 aliphatic rings. The van der Waals surface area contributed by atoms with Gasteiger partial charge in [-0.15, -0.1) is 0 Å². The quantitative estimate of drug-likeness (QED) is 0.0773. The SMILES string of the molecule is CN[C@@H](C)C(=O)N[C@H](C(=O)N1C[C@@H](Oc2cnc(N3CCN(CCOc4cc5ncnc(Nc6n[nH]c(C)c6C)c5cc4S(=O)(=O)C(C)(C)C)CC3)nc2)C[C@H]1C(=O)N[C@@H]1CCCc2ccccc21)C1CCCCC1. The van der Waals surface area contributed by atoms with Crippen LogP contribution in [-0.4, -0.2) is 148 Å². The number of rotatable bonds is 17. The predicted octanol–water partition coefficient (Wildman–Crippen LogP) is 5.49. The van der Waals surface area contributed by atoms with E-state index >= 15 is 0 Å². The van der Waals surface area contributed by atoms with Crippen LogP contribution in [0.4, 0.5) is 17.6 Å². The molecule has 9 rings (SSSR count). The zero-order valence-electron chi connectivity index (χ0n) is 44.3. The fourth-order valence-electron chi connectivity index (χ4n) is 10.7. The first kappa shape index (κ1) is 53.4. The van der Waals surface area contributed by atoms with Crippen LogP contribution in [0.5, 0.6) is 11.5 Å². The van der Waals surface area contributed by atoms with Gasteiger partial charge in [-0.25, -0.2) is 28.4 Å². The zero-order valence-corrected chi connectivity index (χ0v) is 45.1. The molecule has 1 saturated carbocycles. The molecule has 0 spiro atoms. The summed E-state index contributed by atoms with van der Waals surface area (Å²) in [6, 6.07) is 9.25. The Bertz CT molecular complexity index is 2950. The van der Waals surface area contributed by atoms with Gasteiger partial charge in [-0.1, -0.05) is 43.5 Å². The van der Waals surface area contributed by atoms with E-state index in [0.29, 0.717) is 67.0 Å². The topological polar surface area (TPSA) is 242 Å². The molecule has 2 saturated heterocycles. The van der Waals surface area contributed by atoms with Crippen molar-refractivity contribution in [1.29, 1.82) is 0 Å². The van der Waals surface area contributed by atoms with Crippen LogP contribution in [-0.2, 0) is 30.6 Å². The van der Waals surface area contributed by atoms with Gasteiger partial charge in [-0.2, -0.15) is 5.10 Å². The first-order valence-corrected chi connectivity index (χ1v) is 28.0. The lowest BCUT2D eigenvalue weighted by Gasteiger charge is -2.35. The molecule has 0 bridgehead atoms. The molecule has 5 aromatic rings.